The van der Waals surface area contributed by atoms with Crippen molar-refractivity contribution in [3.8, 4) is 45.0 Å². The fourth-order valence-corrected chi connectivity index (χ4v) is 7.66. The van der Waals surface area contributed by atoms with Crippen LogP contribution < -0.4 is 0 Å². The van der Waals surface area contributed by atoms with Gasteiger partial charge in [0.15, 0.2) is 5.82 Å². The minimum absolute atomic E-state index is 0.161. The maximum Gasteiger partial charge on any atom is 0.160 e. The summed E-state index contributed by atoms with van der Waals surface area (Å²) in [6.07, 6.45) is 0. The largest absolute Gasteiger partial charge is 0.456 e. The molecule has 222 valence electrons. The van der Waals surface area contributed by atoms with Gasteiger partial charge in [0.05, 0.1) is 11.4 Å². The molecule has 9 aromatic rings. The fraction of sp³-hybridized carbons (Fsp3) is 0.0698. The predicted octanol–water partition coefficient (Wildman–Crippen LogP) is 11.6. The Labute approximate surface area is 271 Å². The average Bonchev–Trinajstić information content (AvgIpc) is 3.76. The normalized spacial score (nSPS) is 13.5. The molecule has 0 atom stereocenters. The van der Waals surface area contributed by atoms with E-state index in [1.165, 1.54) is 27.6 Å². The van der Waals surface area contributed by atoms with E-state index in [0.717, 1.165) is 66.6 Å². The summed E-state index contributed by atoms with van der Waals surface area (Å²) in [6, 6.07) is 46.3. The molecule has 47 heavy (non-hydrogen) atoms. The van der Waals surface area contributed by atoms with E-state index in [1.807, 2.05) is 42.5 Å². The topological polar surface area (TPSA) is 52.1 Å². The number of para-hydroxylation sites is 2. The molecule has 10 rings (SSSR count). The Hall–Kier alpha value is -6.00. The zero-order chi connectivity index (χ0) is 31.3. The van der Waals surface area contributed by atoms with Gasteiger partial charge in [-0.25, -0.2) is 9.97 Å². The second kappa shape index (κ2) is 9.51. The zero-order valence-electron chi connectivity index (χ0n) is 25.9. The van der Waals surface area contributed by atoms with Crippen molar-refractivity contribution in [2.75, 3.05) is 0 Å². The van der Waals surface area contributed by atoms with Crippen LogP contribution in [-0.4, -0.2) is 9.97 Å². The second-order valence-electron chi connectivity index (χ2n) is 12.9. The van der Waals surface area contributed by atoms with E-state index in [0.29, 0.717) is 5.82 Å². The third kappa shape index (κ3) is 3.76. The molecular formula is C43H28N2O2. The Morgan fingerprint density at radius 2 is 1.11 bits per heavy atom. The highest BCUT2D eigenvalue weighted by Crippen LogP contribution is 2.53. The fourth-order valence-electron chi connectivity index (χ4n) is 7.66. The van der Waals surface area contributed by atoms with Crippen LogP contribution in [0.25, 0.3) is 88.9 Å². The van der Waals surface area contributed by atoms with Gasteiger partial charge < -0.3 is 8.83 Å². The van der Waals surface area contributed by atoms with Gasteiger partial charge in [0.2, 0.25) is 0 Å². The summed E-state index contributed by atoms with van der Waals surface area (Å²) in [5.41, 5.74) is 13.2. The van der Waals surface area contributed by atoms with Crippen molar-refractivity contribution in [1.29, 1.82) is 0 Å². The van der Waals surface area contributed by atoms with Crippen molar-refractivity contribution in [1.82, 2.24) is 9.97 Å². The average molecular weight is 605 g/mol. The quantitative estimate of drug-likeness (QED) is 0.201. The molecule has 0 saturated heterocycles. The van der Waals surface area contributed by atoms with E-state index in [2.05, 4.69) is 105 Å². The number of furan rings is 2. The minimum Gasteiger partial charge on any atom is -0.456 e. The van der Waals surface area contributed by atoms with Crippen molar-refractivity contribution >= 4 is 43.9 Å². The molecule has 0 spiro atoms. The van der Waals surface area contributed by atoms with Crippen molar-refractivity contribution in [3.05, 3.63) is 145 Å². The molecule has 6 aromatic carbocycles. The standard InChI is InChI=1S/C43H28N2O2/c1-43(2)31-20-19-26(23-30(31)40-32(43)21-22-38-41(40)29-14-7-9-17-36(29)47-38)42-44-33(25-11-4-3-5-12-25)24-34(45-42)27-15-10-18-37-39(27)28-13-6-8-16-35(28)46-37/h3-24H,1-2H3. The van der Waals surface area contributed by atoms with Gasteiger partial charge in [-0.15, -0.1) is 0 Å². The Morgan fingerprint density at radius 3 is 1.89 bits per heavy atom. The lowest BCUT2D eigenvalue weighted by atomic mass is 9.82. The van der Waals surface area contributed by atoms with Crippen LogP contribution in [0.3, 0.4) is 0 Å². The highest BCUT2D eigenvalue weighted by Gasteiger charge is 2.37. The van der Waals surface area contributed by atoms with Crippen LogP contribution in [0.1, 0.15) is 25.0 Å². The minimum atomic E-state index is -0.161. The van der Waals surface area contributed by atoms with Crippen LogP contribution in [0.4, 0.5) is 0 Å². The van der Waals surface area contributed by atoms with Crippen LogP contribution in [0.15, 0.2) is 142 Å². The van der Waals surface area contributed by atoms with Gasteiger partial charge in [0.25, 0.3) is 0 Å². The summed E-state index contributed by atoms with van der Waals surface area (Å²) >= 11 is 0. The monoisotopic (exact) mass is 604 g/mol. The number of fused-ring (bicyclic) bond motifs is 10. The summed E-state index contributed by atoms with van der Waals surface area (Å²) in [5, 5.41) is 4.44. The van der Waals surface area contributed by atoms with E-state index in [-0.39, 0.29) is 5.41 Å². The maximum atomic E-state index is 6.33. The Kier molecular flexibility index (Phi) is 5.31. The maximum absolute atomic E-state index is 6.33. The number of hydrogen-bond donors (Lipinski definition) is 0. The van der Waals surface area contributed by atoms with Crippen molar-refractivity contribution in [2.45, 2.75) is 19.3 Å². The van der Waals surface area contributed by atoms with E-state index >= 15 is 0 Å². The van der Waals surface area contributed by atoms with Crippen LogP contribution >= 0.6 is 0 Å². The van der Waals surface area contributed by atoms with E-state index < -0.39 is 0 Å². The third-order valence-corrected chi connectivity index (χ3v) is 9.91. The van der Waals surface area contributed by atoms with E-state index in [4.69, 9.17) is 18.8 Å². The van der Waals surface area contributed by atoms with Crippen LogP contribution in [0.5, 0.6) is 0 Å². The first-order chi connectivity index (χ1) is 23.0. The number of benzene rings is 6. The molecular weight excluding hydrogens is 576 g/mol. The number of nitrogens with zero attached hydrogens (tertiary/aromatic N) is 2. The third-order valence-electron chi connectivity index (χ3n) is 9.91. The molecule has 1 aliphatic rings. The highest BCUT2D eigenvalue weighted by atomic mass is 16.3. The van der Waals surface area contributed by atoms with Gasteiger partial charge in [-0.05, 0) is 58.7 Å². The first-order valence-electron chi connectivity index (χ1n) is 16.0. The summed E-state index contributed by atoms with van der Waals surface area (Å²) < 4.78 is 12.6. The number of hydrogen-bond acceptors (Lipinski definition) is 4. The molecule has 0 radical (unpaired) electrons. The molecule has 3 aromatic heterocycles. The molecule has 0 saturated carbocycles. The number of aromatic nitrogens is 2. The molecule has 0 N–H and O–H groups in total. The lowest BCUT2D eigenvalue weighted by molar-refractivity contribution is 0.656. The van der Waals surface area contributed by atoms with Crippen molar-refractivity contribution in [3.63, 3.8) is 0 Å². The molecule has 4 nitrogen and oxygen atoms in total. The van der Waals surface area contributed by atoms with Gasteiger partial charge >= 0.3 is 0 Å². The Balaban J connectivity index is 1.23. The lowest BCUT2D eigenvalue weighted by Crippen LogP contribution is -2.14. The summed E-state index contributed by atoms with van der Waals surface area (Å²) in [4.78, 5) is 10.5. The van der Waals surface area contributed by atoms with Gasteiger partial charge in [0, 0.05) is 43.7 Å². The molecule has 4 heteroatoms. The van der Waals surface area contributed by atoms with Crippen molar-refractivity contribution in [2.24, 2.45) is 0 Å². The zero-order valence-corrected chi connectivity index (χ0v) is 25.9. The molecule has 0 bridgehead atoms. The van der Waals surface area contributed by atoms with Gasteiger partial charge in [0.1, 0.15) is 22.3 Å². The molecule has 0 unspecified atom stereocenters. The predicted molar refractivity (Wildman–Crippen MR) is 190 cm³/mol. The van der Waals surface area contributed by atoms with E-state index in [9.17, 15) is 0 Å². The SMILES string of the molecule is CC1(C)c2ccc(-c3nc(-c4ccccc4)cc(-c4cccc5oc6ccccc6c45)n3)cc2-c2c1ccc1oc3ccccc3c21. The first kappa shape index (κ1) is 26.2. The first-order valence-corrected chi connectivity index (χ1v) is 16.0. The van der Waals surface area contributed by atoms with Gasteiger partial charge in [-0.3, -0.25) is 0 Å². The van der Waals surface area contributed by atoms with E-state index in [1.54, 1.807) is 0 Å². The summed E-state index contributed by atoms with van der Waals surface area (Å²) in [7, 11) is 0. The molecule has 0 amide bonds. The van der Waals surface area contributed by atoms with Crippen LogP contribution in [-0.2, 0) is 5.41 Å². The number of rotatable bonds is 3. The molecule has 0 fully saturated rings. The molecule has 1 aliphatic carbocycles. The smallest absolute Gasteiger partial charge is 0.160 e. The van der Waals surface area contributed by atoms with Crippen LogP contribution in [0.2, 0.25) is 0 Å². The molecule has 3 heterocycles. The lowest BCUT2D eigenvalue weighted by Gasteiger charge is -2.21. The van der Waals surface area contributed by atoms with Gasteiger partial charge in [-0.2, -0.15) is 0 Å². The summed E-state index contributed by atoms with van der Waals surface area (Å²) in [5.74, 6) is 0.685. The second-order valence-corrected chi connectivity index (χ2v) is 12.9. The van der Waals surface area contributed by atoms with Crippen molar-refractivity contribution < 1.29 is 8.83 Å². The van der Waals surface area contributed by atoms with Crippen LogP contribution in [0, 0.1) is 0 Å². The summed E-state index contributed by atoms with van der Waals surface area (Å²) in [6.45, 7) is 4.62. The van der Waals surface area contributed by atoms with Gasteiger partial charge in [-0.1, -0.05) is 111 Å². The molecule has 0 aliphatic heterocycles. The highest BCUT2D eigenvalue weighted by molar-refractivity contribution is 6.15. The Morgan fingerprint density at radius 1 is 0.468 bits per heavy atom. The Bertz CT molecular complexity index is 2710.